The smallest absolute Gasteiger partial charge is 0.304 e. The molecule has 0 aromatic carbocycles. The minimum Gasteiger partial charge on any atom is -0.304 e. The quantitative estimate of drug-likeness (QED) is 0.512. The van der Waals surface area contributed by atoms with E-state index in [1.54, 1.807) is 0 Å². The Morgan fingerprint density at radius 3 is 2.58 bits per heavy atom. The molecule has 0 spiro atoms. The van der Waals surface area contributed by atoms with Gasteiger partial charge in [-0.2, -0.15) is 0 Å². The second kappa shape index (κ2) is 6.49. The lowest BCUT2D eigenvalue weighted by Crippen LogP contribution is -2.27. The highest BCUT2D eigenvalue weighted by Crippen LogP contribution is 2.14. The van der Waals surface area contributed by atoms with E-state index < -0.39 is 8.25 Å². The normalized spacial score (nSPS) is 12.7. The highest BCUT2D eigenvalue weighted by molar-refractivity contribution is 7.32. The molecule has 0 amide bonds. The molecule has 0 fully saturated rings. The highest BCUT2D eigenvalue weighted by atomic mass is 31.1. The number of rotatable bonds is 6. The van der Waals surface area contributed by atoms with Gasteiger partial charge in [0.1, 0.15) is 6.61 Å². The molecule has 1 atom stereocenters. The first kappa shape index (κ1) is 12.0. The Hall–Kier alpha value is -0.0200. The van der Waals surface area contributed by atoms with Crippen molar-refractivity contribution in [3.63, 3.8) is 0 Å². The zero-order valence-electron chi connectivity index (χ0n) is 7.86. The first-order chi connectivity index (χ1) is 5.54. The predicted molar refractivity (Wildman–Crippen MR) is 48.2 cm³/mol. The van der Waals surface area contributed by atoms with Gasteiger partial charge < -0.3 is 4.90 Å². The van der Waals surface area contributed by atoms with Crippen molar-refractivity contribution in [1.29, 1.82) is 0 Å². The van der Waals surface area contributed by atoms with E-state index in [9.17, 15) is 4.57 Å². The van der Waals surface area contributed by atoms with Crippen LogP contribution < -0.4 is 0 Å². The van der Waals surface area contributed by atoms with E-state index in [0.717, 1.165) is 13.0 Å². The van der Waals surface area contributed by atoms with Crippen molar-refractivity contribution in [3.05, 3.63) is 0 Å². The van der Waals surface area contributed by atoms with Crippen LogP contribution in [0.5, 0.6) is 0 Å². The van der Waals surface area contributed by atoms with Crippen LogP contribution in [0.1, 0.15) is 20.3 Å². The summed E-state index contributed by atoms with van der Waals surface area (Å²) in [6, 6.07) is 0.507. The fraction of sp³-hybridized carbons (Fsp3) is 1.00. The lowest BCUT2D eigenvalue weighted by molar-refractivity contribution is 0.226. The summed E-state index contributed by atoms with van der Waals surface area (Å²) < 4.78 is 14.6. The summed E-state index contributed by atoms with van der Waals surface area (Å²) >= 11 is 0. The summed E-state index contributed by atoms with van der Waals surface area (Å²) in [6.07, 6.45) is 0.788. The van der Waals surface area contributed by atoms with Crippen LogP contribution in [0.25, 0.3) is 0 Å². The third kappa shape index (κ3) is 6.68. The largest absolute Gasteiger partial charge is 0.694 e. The number of hydrogen-bond donors (Lipinski definition) is 1. The van der Waals surface area contributed by atoms with Crippen LogP contribution in [-0.2, 0) is 9.09 Å². The Balaban J connectivity index is 3.25. The molecule has 0 aromatic heterocycles. The van der Waals surface area contributed by atoms with Gasteiger partial charge in [-0.25, -0.2) is 0 Å². The van der Waals surface area contributed by atoms with E-state index in [4.69, 9.17) is 4.89 Å². The van der Waals surface area contributed by atoms with Crippen LogP contribution >= 0.6 is 8.25 Å². The van der Waals surface area contributed by atoms with Crippen molar-refractivity contribution in [2.24, 2.45) is 0 Å². The zero-order valence-corrected chi connectivity index (χ0v) is 8.75. The molecule has 0 rings (SSSR count). The maximum Gasteiger partial charge on any atom is 0.694 e. The third-order valence-corrected chi connectivity index (χ3v) is 2.14. The van der Waals surface area contributed by atoms with Crippen LogP contribution in [0, 0.1) is 0 Å². The average molecular weight is 194 g/mol. The van der Waals surface area contributed by atoms with Crippen molar-refractivity contribution in [2.45, 2.75) is 26.3 Å². The Bertz CT molecular complexity index is 141. The van der Waals surface area contributed by atoms with Crippen LogP contribution in [0.2, 0.25) is 0 Å². The monoisotopic (exact) mass is 194 g/mol. The first-order valence-corrected chi connectivity index (χ1v) is 5.16. The zero-order chi connectivity index (χ0) is 9.56. The van der Waals surface area contributed by atoms with Crippen molar-refractivity contribution in [2.75, 3.05) is 20.2 Å². The molecule has 1 unspecified atom stereocenters. The molecular formula is C7H17NO3P+. The molecule has 0 saturated carbocycles. The van der Waals surface area contributed by atoms with E-state index in [2.05, 4.69) is 23.3 Å². The number of nitrogens with zero attached hydrogens (tertiary/aromatic N) is 1. The fourth-order valence-electron chi connectivity index (χ4n) is 0.715. The minimum absolute atomic E-state index is 0.350. The standard InChI is InChI=1S/C7H16NO3P/c1-7(2)8(3)5-4-6-11-12(9)10/h7H,4-6H2,1-3H3/p+1. The van der Waals surface area contributed by atoms with Gasteiger partial charge in [-0.3, -0.25) is 0 Å². The van der Waals surface area contributed by atoms with E-state index in [1.165, 1.54) is 0 Å². The summed E-state index contributed by atoms with van der Waals surface area (Å²) in [4.78, 5) is 10.5. The van der Waals surface area contributed by atoms with Crippen molar-refractivity contribution >= 4 is 8.25 Å². The predicted octanol–water partition coefficient (Wildman–Crippen LogP) is 1.38. The van der Waals surface area contributed by atoms with Crippen molar-refractivity contribution in [1.82, 2.24) is 4.90 Å². The second-order valence-corrected chi connectivity index (χ2v) is 3.73. The van der Waals surface area contributed by atoms with Gasteiger partial charge >= 0.3 is 8.25 Å². The van der Waals surface area contributed by atoms with Gasteiger partial charge in [-0.15, -0.1) is 9.42 Å². The SMILES string of the molecule is CC(C)N(C)CCCO[P+](=O)O. The number of hydrogen-bond acceptors (Lipinski definition) is 3. The van der Waals surface area contributed by atoms with Crippen molar-refractivity contribution in [3.8, 4) is 0 Å². The fourth-order valence-corrected chi connectivity index (χ4v) is 1.00. The molecule has 12 heavy (non-hydrogen) atoms. The Labute approximate surface area is 74.5 Å². The lowest BCUT2D eigenvalue weighted by Gasteiger charge is -2.19. The second-order valence-electron chi connectivity index (χ2n) is 3.00. The molecule has 0 radical (unpaired) electrons. The molecule has 0 bridgehead atoms. The Morgan fingerprint density at radius 2 is 2.17 bits per heavy atom. The summed E-state index contributed by atoms with van der Waals surface area (Å²) in [5.74, 6) is 0. The van der Waals surface area contributed by atoms with Gasteiger partial charge in [0, 0.05) is 17.2 Å². The molecule has 0 aliphatic heterocycles. The molecule has 0 aromatic rings. The van der Waals surface area contributed by atoms with E-state index in [1.807, 2.05) is 7.05 Å². The molecule has 0 aliphatic carbocycles. The van der Waals surface area contributed by atoms with Gasteiger partial charge in [0.25, 0.3) is 0 Å². The van der Waals surface area contributed by atoms with Gasteiger partial charge in [-0.05, 0) is 27.3 Å². The summed E-state index contributed by atoms with van der Waals surface area (Å²) in [5, 5.41) is 0. The summed E-state index contributed by atoms with van der Waals surface area (Å²) in [6.45, 7) is 5.45. The van der Waals surface area contributed by atoms with Gasteiger partial charge in [0.15, 0.2) is 0 Å². The first-order valence-electron chi connectivity index (χ1n) is 4.03. The van der Waals surface area contributed by atoms with Gasteiger partial charge in [0.2, 0.25) is 0 Å². The summed E-state index contributed by atoms with van der Waals surface area (Å²) in [7, 11) is -0.398. The lowest BCUT2D eigenvalue weighted by atomic mass is 10.3. The molecule has 0 aliphatic rings. The van der Waals surface area contributed by atoms with E-state index >= 15 is 0 Å². The molecule has 72 valence electrons. The molecule has 0 saturated heterocycles. The third-order valence-electron chi connectivity index (χ3n) is 1.74. The van der Waals surface area contributed by atoms with Gasteiger partial charge in [-0.1, -0.05) is 0 Å². The summed E-state index contributed by atoms with van der Waals surface area (Å²) in [5.41, 5.74) is 0. The van der Waals surface area contributed by atoms with Crippen LogP contribution in [0.4, 0.5) is 0 Å². The minimum atomic E-state index is -2.42. The molecule has 4 nitrogen and oxygen atoms in total. The average Bonchev–Trinajstić information content (AvgIpc) is 1.97. The maximum absolute atomic E-state index is 10.1. The van der Waals surface area contributed by atoms with Crippen molar-refractivity contribution < 1.29 is 14.0 Å². The highest BCUT2D eigenvalue weighted by Gasteiger charge is 2.11. The van der Waals surface area contributed by atoms with E-state index in [-0.39, 0.29) is 0 Å². The van der Waals surface area contributed by atoms with Crippen LogP contribution in [0.3, 0.4) is 0 Å². The van der Waals surface area contributed by atoms with Crippen LogP contribution in [0.15, 0.2) is 0 Å². The molecule has 1 N–H and O–H groups in total. The molecule has 5 heteroatoms. The molecular weight excluding hydrogens is 177 g/mol. The Kier molecular flexibility index (Phi) is 6.48. The van der Waals surface area contributed by atoms with Gasteiger partial charge in [0.05, 0.1) is 0 Å². The van der Waals surface area contributed by atoms with E-state index in [0.29, 0.717) is 12.6 Å². The maximum atomic E-state index is 10.1. The molecule has 0 heterocycles. The van der Waals surface area contributed by atoms with Crippen LogP contribution in [-0.4, -0.2) is 36.0 Å². The topological polar surface area (TPSA) is 49.8 Å². The Morgan fingerprint density at radius 1 is 1.58 bits per heavy atom.